The fraction of sp³-hybridized carbons (Fsp3) is 0.357. The van der Waals surface area contributed by atoms with Crippen molar-refractivity contribution in [2.45, 2.75) is 18.9 Å². The average Bonchev–Trinajstić information content (AvgIpc) is 3.52. The normalized spacial score (nSPS) is 18.3. The molecule has 35 heavy (non-hydrogen) atoms. The Morgan fingerprint density at radius 2 is 1.86 bits per heavy atom. The van der Waals surface area contributed by atoms with Gasteiger partial charge in [0.15, 0.2) is 0 Å². The number of nitrogens with zero attached hydrogens (tertiary/aromatic N) is 4. The van der Waals surface area contributed by atoms with E-state index in [2.05, 4.69) is 87.0 Å². The van der Waals surface area contributed by atoms with Gasteiger partial charge in [0.1, 0.15) is 11.2 Å². The summed E-state index contributed by atoms with van der Waals surface area (Å²) in [7, 11) is 2.18. The van der Waals surface area contributed by atoms with E-state index in [1.54, 1.807) is 0 Å². The van der Waals surface area contributed by atoms with Gasteiger partial charge in [-0.25, -0.2) is 4.98 Å². The van der Waals surface area contributed by atoms with Gasteiger partial charge in [-0.15, -0.1) is 0 Å². The smallest absolute Gasteiger partial charge is 0.118 e. The monoisotopic (exact) mass is 468 g/mol. The molecule has 1 atom stereocenters. The number of rotatable bonds is 6. The van der Waals surface area contributed by atoms with Gasteiger partial charge in [-0.3, -0.25) is 5.10 Å². The SMILES string of the molecule is CN1CCN(c2ccc(-c3n[nH]c4ccc(-c5cccc6c5CCC6NCCO)nc34)cc2)CC1. The molecule has 180 valence electrons. The van der Waals surface area contributed by atoms with Crippen LogP contribution in [-0.2, 0) is 6.42 Å². The molecule has 7 heteroatoms. The second-order valence-electron chi connectivity index (χ2n) is 9.64. The number of aliphatic hydroxyl groups excluding tert-OH is 1. The van der Waals surface area contributed by atoms with E-state index in [4.69, 9.17) is 4.98 Å². The highest BCUT2D eigenvalue weighted by molar-refractivity contribution is 5.91. The van der Waals surface area contributed by atoms with Crippen molar-refractivity contribution in [1.29, 1.82) is 0 Å². The van der Waals surface area contributed by atoms with Crippen LogP contribution in [0.5, 0.6) is 0 Å². The van der Waals surface area contributed by atoms with Gasteiger partial charge in [-0.2, -0.15) is 5.10 Å². The standard InChI is InChI=1S/C28H32N6O/c1-33-14-16-34(17-15-33)20-7-5-19(6-8-20)27-28-26(31-32-27)12-11-25(30-28)23-4-2-3-22-21(23)9-10-24(22)29-13-18-35/h2-8,11-12,24,29,35H,9-10,13-18H2,1H3,(H,31,32). The number of piperazine rings is 1. The maximum absolute atomic E-state index is 9.21. The zero-order valence-corrected chi connectivity index (χ0v) is 20.2. The summed E-state index contributed by atoms with van der Waals surface area (Å²) in [6.45, 7) is 5.08. The molecule has 2 aliphatic rings. The Balaban J connectivity index is 1.31. The summed E-state index contributed by atoms with van der Waals surface area (Å²) in [5.41, 5.74) is 9.93. The Kier molecular flexibility index (Phi) is 5.98. The molecule has 0 spiro atoms. The summed E-state index contributed by atoms with van der Waals surface area (Å²) in [6.07, 6.45) is 2.06. The Hall–Kier alpha value is -3.26. The number of anilines is 1. The maximum atomic E-state index is 9.21. The molecule has 0 saturated carbocycles. The third-order valence-electron chi connectivity index (χ3n) is 7.47. The van der Waals surface area contributed by atoms with E-state index in [0.29, 0.717) is 12.6 Å². The van der Waals surface area contributed by atoms with Gasteiger partial charge < -0.3 is 20.2 Å². The Bertz CT molecular complexity index is 1320. The summed E-state index contributed by atoms with van der Waals surface area (Å²) in [5, 5.41) is 20.5. The Labute approximate surface area is 205 Å². The number of pyridine rings is 1. The fourth-order valence-corrected chi connectivity index (χ4v) is 5.49. The molecule has 1 saturated heterocycles. The van der Waals surface area contributed by atoms with Gasteiger partial charge in [0.2, 0.25) is 0 Å². The molecule has 0 radical (unpaired) electrons. The van der Waals surface area contributed by atoms with Crippen molar-refractivity contribution in [1.82, 2.24) is 25.4 Å². The molecule has 2 aromatic carbocycles. The van der Waals surface area contributed by atoms with Crippen molar-refractivity contribution < 1.29 is 5.11 Å². The molecule has 1 unspecified atom stereocenters. The maximum Gasteiger partial charge on any atom is 0.118 e. The largest absolute Gasteiger partial charge is 0.395 e. The summed E-state index contributed by atoms with van der Waals surface area (Å²) in [5.74, 6) is 0. The van der Waals surface area contributed by atoms with Gasteiger partial charge in [0, 0.05) is 55.6 Å². The number of aromatic amines is 1. The number of aliphatic hydroxyl groups is 1. The minimum atomic E-state index is 0.156. The van der Waals surface area contributed by atoms with E-state index < -0.39 is 0 Å². The molecular formula is C28H32N6O. The zero-order chi connectivity index (χ0) is 23.8. The second-order valence-corrected chi connectivity index (χ2v) is 9.64. The highest BCUT2D eigenvalue weighted by Crippen LogP contribution is 2.38. The van der Waals surface area contributed by atoms with Crippen molar-refractivity contribution in [2.24, 2.45) is 0 Å². The molecule has 3 N–H and O–H groups in total. The van der Waals surface area contributed by atoms with E-state index in [0.717, 1.165) is 67.0 Å². The first kappa shape index (κ1) is 22.2. The quantitative estimate of drug-likeness (QED) is 0.401. The van der Waals surface area contributed by atoms with E-state index in [9.17, 15) is 5.11 Å². The van der Waals surface area contributed by atoms with Crippen molar-refractivity contribution in [2.75, 3.05) is 51.3 Å². The number of hydrogen-bond donors (Lipinski definition) is 3. The topological polar surface area (TPSA) is 80.3 Å². The Morgan fingerprint density at radius 1 is 1.03 bits per heavy atom. The highest BCUT2D eigenvalue weighted by atomic mass is 16.3. The third-order valence-corrected chi connectivity index (χ3v) is 7.47. The molecule has 3 heterocycles. The number of likely N-dealkylation sites (N-methyl/N-ethyl adjacent to an activating group) is 1. The molecule has 0 amide bonds. The summed E-state index contributed by atoms with van der Waals surface area (Å²) in [4.78, 5) is 9.92. The Morgan fingerprint density at radius 3 is 2.66 bits per heavy atom. The van der Waals surface area contributed by atoms with Crippen LogP contribution in [0.2, 0.25) is 0 Å². The van der Waals surface area contributed by atoms with Crippen LogP contribution in [0.1, 0.15) is 23.6 Å². The van der Waals surface area contributed by atoms with Crippen molar-refractivity contribution in [3.63, 3.8) is 0 Å². The minimum Gasteiger partial charge on any atom is -0.395 e. The van der Waals surface area contributed by atoms with Crippen LogP contribution < -0.4 is 10.2 Å². The lowest BCUT2D eigenvalue weighted by Gasteiger charge is -2.34. The summed E-state index contributed by atoms with van der Waals surface area (Å²) >= 11 is 0. The number of H-pyrrole nitrogens is 1. The van der Waals surface area contributed by atoms with Gasteiger partial charge in [-0.05, 0) is 55.3 Å². The first-order valence-corrected chi connectivity index (χ1v) is 12.6. The number of hydrogen-bond acceptors (Lipinski definition) is 6. The van der Waals surface area contributed by atoms with Crippen molar-refractivity contribution in [3.05, 3.63) is 65.7 Å². The fourth-order valence-electron chi connectivity index (χ4n) is 5.49. The third kappa shape index (κ3) is 4.20. The lowest BCUT2D eigenvalue weighted by atomic mass is 9.99. The molecule has 2 aromatic heterocycles. The second kappa shape index (κ2) is 9.41. The van der Waals surface area contributed by atoms with E-state index in [-0.39, 0.29) is 6.61 Å². The van der Waals surface area contributed by atoms with E-state index >= 15 is 0 Å². The van der Waals surface area contributed by atoms with Gasteiger partial charge >= 0.3 is 0 Å². The predicted molar refractivity (Wildman–Crippen MR) is 141 cm³/mol. The van der Waals surface area contributed by atoms with Gasteiger partial charge in [-0.1, -0.05) is 30.3 Å². The van der Waals surface area contributed by atoms with Crippen molar-refractivity contribution in [3.8, 4) is 22.5 Å². The lowest BCUT2D eigenvalue weighted by Crippen LogP contribution is -2.44. The number of benzene rings is 2. The number of fused-ring (bicyclic) bond motifs is 2. The molecule has 4 aromatic rings. The van der Waals surface area contributed by atoms with Gasteiger partial charge in [0.05, 0.1) is 17.8 Å². The van der Waals surface area contributed by atoms with Crippen LogP contribution in [-0.4, -0.2) is 71.6 Å². The number of nitrogens with one attached hydrogen (secondary N) is 2. The molecule has 1 fully saturated rings. The van der Waals surface area contributed by atoms with Crippen molar-refractivity contribution >= 4 is 16.7 Å². The van der Waals surface area contributed by atoms with Gasteiger partial charge in [0.25, 0.3) is 0 Å². The molecule has 1 aliphatic heterocycles. The van der Waals surface area contributed by atoms with Crippen LogP contribution in [0.15, 0.2) is 54.6 Å². The highest BCUT2D eigenvalue weighted by Gasteiger charge is 2.25. The minimum absolute atomic E-state index is 0.156. The van der Waals surface area contributed by atoms with Crippen LogP contribution >= 0.6 is 0 Å². The molecule has 6 rings (SSSR count). The summed E-state index contributed by atoms with van der Waals surface area (Å²) < 4.78 is 0. The van der Waals surface area contributed by atoms with E-state index in [1.807, 2.05) is 0 Å². The van der Waals surface area contributed by atoms with Crippen LogP contribution in [0.25, 0.3) is 33.5 Å². The van der Waals surface area contributed by atoms with E-state index in [1.165, 1.54) is 22.4 Å². The molecule has 0 bridgehead atoms. The van der Waals surface area contributed by atoms with Crippen LogP contribution in [0.3, 0.4) is 0 Å². The first-order valence-electron chi connectivity index (χ1n) is 12.6. The average molecular weight is 469 g/mol. The molecule has 7 nitrogen and oxygen atoms in total. The predicted octanol–water partition coefficient (Wildman–Crippen LogP) is 3.61. The van der Waals surface area contributed by atoms with Crippen LogP contribution in [0, 0.1) is 0 Å². The summed E-state index contributed by atoms with van der Waals surface area (Å²) in [6, 6.07) is 19.7. The van der Waals surface area contributed by atoms with Crippen LogP contribution in [0.4, 0.5) is 5.69 Å². The molecular weight excluding hydrogens is 436 g/mol. The molecule has 1 aliphatic carbocycles. The number of aromatic nitrogens is 3. The first-order chi connectivity index (χ1) is 17.2. The lowest BCUT2D eigenvalue weighted by molar-refractivity contribution is 0.284. The zero-order valence-electron chi connectivity index (χ0n) is 20.2.